The summed E-state index contributed by atoms with van der Waals surface area (Å²) in [5.74, 6) is -0.265. The molecule has 2 aliphatic rings. The number of ether oxygens (including phenoxy) is 1. The number of urea groups is 1. The molecule has 0 bridgehead atoms. The van der Waals surface area contributed by atoms with Gasteiger partial charge in [0, 0.05) is 43.5 Å². The van der Waals surface area contributed by atoms with Gasteiger partial charge in [-0.3, -0.25) is 24.3 Å². The van der Waals surface area contributed by atoms with Crippen LogP contribution in [-0.2, 0) is 11.3 Å². The molecule has 2 atom stereocenters. The summed E-state index contributed by atoms with van der Waals surface area (Å²) >= 11 is 0. The zero-order chi connectivity index (χ0) is 29.9. The van der Waals surface area contributed by atoms with Crippen LogP contribution in [0.1, 0.15) is 49.5 Å². The second-order valence-corrected chi connectivity index (χ2v) is 11.3. The van der Waals surface area contributed by atoms with Gasteiger partial charge in [0.15, 0.2) is 0 Å². The summed E-state index contributed by atoms with van der Waals surface area (Å²) < 4.78 is 20.2. The standard InChI is InChI=1S/C33H37FN4O4/c1-23(2)42-29-14-7-9-25(19-29)22-36-17-15-33(21-24(36)3)31(40)37(18-16-35-30(39)26-10-5-4-6-11-26)32(41)38(33)28-13-8-12-27(34)20-28/h4-14,19-20,23-24H,15-18,21-22H2,1-3H3,(H,35,39)/t24-,33+/m0/s1. The summed E-state index contributed by atoms with van der Waals surface area (Å²) in [4.78, 5) is 45.4. The van der Waals surface area contributed by atoms with Crippen LogP contribution < -0.4 is 15.0 Å². The monoisotopic (exact) mass is 572 g/mol. The topological polar surface area (TPSA) is 82.2 Å². The third-order valence-corrected chi connectivity index (χ3v) is 7.94. The number of benzene rings is 3. The van der Waals surface area contributed by atoms with E-state index in [4.69, 9.17) is 4.74 Å². The fourth-order valence-corrected chi connectivity index (χ4v) is 6.01. The minimum absolute atomic E-state index is 0.0184. The van der Waals surface area contributed by atoms with E-state index < -0.39 is 17.4 Å². The Labute approximate surface area is 246 Å². The van der Waals surface area contributed by atoms with Gasteiger partial charge >= 0.3 is 6.03 Å². The number of nitrogens with zero attached hydrogens (tertiary/aromatic N) is 3. The Bertz CT molecular complexity index is 1450. The molecule has 220 valence electrons. The van der Waals surface area contributed by atoms with Crippen molar-refractivity contribution in [3.05, 3.63) is 95.8 Å². The fraction of sp³-hybridized carbons (Fsp3) is 0.364. The smallest absolute Gasteiger partial charge is 0.332 e. The summed E-state index contributed by atoms with van der Waals surface area (Å²) in [6, 6.07) is 22.0. The third kappa shape index (κ3) is 6.01. The van der Waals surface area contributed by atoms with Gasteiger partial charge in [0.25, 0.3) is 11.8 Å². The number of nitrogens with one attached hydrogen (secondary N) is 1. The predicted octanol–water partition coefficient (Wildman–Crippen LogP) is 5.23. The highest BCUT2D eigenvalue weighted by Crippen LogP contribution is 2.42. The van der Waals surface area contributed by atoms with Crippen molar-refractivity contribution in [2.75, 3.05) is 24.5 Å². The van der Waals surface area contributed by atoms with Crippen molar-refractivity contribution in [2.24, 2.45) is 0 Å². The first-order valence-electron chi connectivity index (χ1n) is 14.4. The maximum Gasteiger partial charge on any atom is 0.332 e. The Morgan fingerprint density at radius 1 is 1.05 bits per heavy atom. The lowest BCUT2D eigenvalue weighted by atomic mass is 9.81. The highest BCUT2D eigenvalue weighted by molar-refractivity contribution is 6.17. The number of hydrogen-bond donors (Lipinski definition) is 1. The second kappa shape index (κ2) is 12.3. The summed E-state index contributed by atoms with van der Waals surface area (Å²) in [7, 11) is 0. The Morgan fingerprint density at radius 3 is 2.52 bits per heavy atom. The quantitative estimate of drug-likeness (QED) is 0.355. The average molecular weight is 573 g/mol. The second-order valence-electron chi connectivity index (χ2n) is 11.3. The lowest BCUT2D eigenvalue weighted by Gasteiger charge is -2.45. The number of imide groups is 1. The number of hydrogen-bond acceptors (Lipinski definition) is 5. The molecule has 0 radical (unpaired) electrons. The lowest BCUT2D eigenvalue weighted by Crippen LogP contribution is -2.59. The van der Waals surface area contributed by atoms with Crippen molar-refractivity contribution in [1.82, 2.24) is 15.1 Å². The number of amides is 4. The molecule has 4 amide bonds. The van der Waals surface area contributed by atoms with Crippen LogP contribution in [0, 0.1) is 5.82 Å². The van der Waals surface area contributed by atoms with Crippen molar-refractivity contribution in [3.63, 3.8) is 0 Å². The Hall–Kier alpha value is -4.24. The van der Waals surface area contributed by atoms with Gasteiger partial charge in [0.2, 0.25) is 0 Å². The van der Waals surface area contributed by atoms with E-state index in [2.05, 4.69) is 23.2 Å². The van der Waals surface area contributed by atoms with Crippen molar-refractivity contribution >= 4 is 23.5 Å². The summed E-state index contributed by atoms with van der Waals surface area (Å²) in [5.41, 5.74) is 0.801. The molecule has 0 unspecified atom stereocenters. The summed E-state index contributed by atoms with van der Waals surface area (Å²) in [5, 5.41) is 2.80. The maximum absolute atomic E-state index is 14.3. The molecule has 0 aromatic heterocycles. The molecule has 8 nitrogen and oxygen atoms in total. The summed E-state index contributed by atoms with van der Waals surface area (Å²) in [6.07, 6.45) is 0.861. The van der Waals surface area contributed by atoms with Crippen LogP contribution in [0.5, 0.6) is 5.75 Å². The van der Waals surface area contributed by atoms with Crippen molar-refractivity contribution < 1.29 is 23.5 Å². The lowest BCUT2D eigenvalue weighted by molar-refractivity contribution is -0.133. The molecule has 3 aromatic rings. The molecule has 0 saturated carbocycles. The maximum atomic E-state index is 14.3. The van der Waals surface area contributed by atoms with Crippen molar-refractivity contribution in [3.8, 4) is 5.75 Å². The Morgan fingerprint density at radius 2 is 1.81 bits per heavy atom. The number of carbonyl (C=O) groups excluding carboxylic acids is 3. The summed E-state index contributed by atoms with van der Waals surface area (Å²) in [6.45, 7) is 7.40. The molecule has 3 aromatic carbocycles. The number of likely N-dealkylation sites (tertiary alicyclic amines) is 1. The van der Waals surface area contributed by atoms with E-state index >= 15 is 0 Å². The van der Waals surface area contributed by atoms with Gasteiger partial charge in [-0.05, 0) is 81.6 Å². The number of anilines is 1. The van der Waals surface area contributed by atoms with Crippen LogP contribution in [0.4, 0.5) is 14.9 Å². The van der Waals surface area contributed by atoms with Gasteiger partial charge in [0.1, 0.15) is 17.1 Å². The average Bonchev–Trinajstić information content (AvgIpc) is 3.15. The zero-order valence-electron chi connectivity index (χ0n) is 24.3. The van der Waals surface area contributed by atoms with E-state index in [1.165, 1.54) is 21.9 Å². The van der Waals surface area contributed by atoms with Crippen LogP contribution in [0.2, 0.25) is 0 Å². The highest BCUT2D eigenvalue weighted by atomic mass is 19.1. The van der Waals surface area contributed by atoms with Crippen LogP contribution in [0.15, 0.2) is 78.9 Å². The zero-order valence-corrected chi connectivity index (χ0v) is 24.3. The number of rotatable bonds is 9. The van der Waals surface area contributed by atoms with Gasteiger partial charge in [0.05, 0.1) is 6.10 Å². The molecule has 42 heavy (non-hydrogen) atoms. The van der Waals surface area contributed by atoms with E-state index in [0.717, 1.165) is 11.3 Å². The molecule has 2 saturated heterocycles. The van der Waals surface area contributed by atoms with Crippen LogP contribution >= 0.6 is 0 Å². The van der Waals surface area contributed by atoms with Gasteiger partial charge < -0.3 is 10.1 Å². The van der Waals surface area contributed by atoms with Gasteiger partial charge in [-0.2, -0.15) is 0 Å². The first-order chi connectivity index (χ1) is 20.2. The van der Waals surface area contributed by atoms with E-state index in [1.807, 2.05) is 38.1 Å². The van der Waals surface area contributed by atoms with E-state index in [1.54, 1.807) is 36.4 Å². The molecule has 5 rings (SSSR count). The molecule has 1 spiro atoms. The highest BCUT2D eigenvalue weighted by Gasteiger charge is 2.59. The molecular formula is C33H37FN4O4. The molecule has 9 heteroatoms. The van der Waals surface area contributed by atoms with E-state index in [0.29, 0.717) is 37.2 Å². The third-order valence-electron chi connectivity index (χ3n) is 7.94. The molecular weight excluding hydrogens is 535 g/mol. The van der Waals surface area contributed by atoms with Crippen LogP contribution in [0.3, 0.4) is 0 Å². The minimum Gasteiger partial charge on any atom is -0.491 e. The molecule has 2 heterocycles. The Kier molecular flexibility index (Phi) is 8.59. The van der Waals surface area contributed by atoms with Crippen LogP contribution in [-0.4, -0.2) is 65.0 Å². The largest absolute Gasteiger partial charge is 0.491 e. The first-order valence-corrected chi connectivity index (χ1v) is 14.4. The van der Waals surface area contributed by atoms with E-state index in [9.17, 15) is 18.8 Å². The molecule has 2 fully saturated rings. The Balaban J connectivity index is 1.34. The van der Waals surface area contributed by atoms with Gasteiger partial charge in [-0.15, -0.1) is 0 Å². The van der Waals surface area contributed by atoms with E-state index in [-0.39, 0.29) is 37.0 Å². The molecule has 0 aliphatic carbocycles. The van der Waals surface area contributed by atoms with Gasteiger partial charge in [-0.25, -0.2) is 9.18 Å². The molecule has 2 aliphatic heterocycles. The minimum atomic E-state index is -1.15. The van der Waals surface area contributed by atoms with Crippen molar-refractivity contribution in [1.29, 1.82) is 0 Å². The SMILES string of the molecule is CC(C)Oc1cccc(CN2CC[C@@]3(C[C@@H]2C)C(=O)N(CCNC(=O)c2ccccc2)C(=O)N3c2cccc(F)c2)c1. The van der Waals surface area contributed by atoms with Crippen LogP contribution in [0.25, 0.3) is 0 Å². The predicted molar refractivity (Wildman–Crippen MR) is 159 cm³/mol. The number of halogens is 1. The number of carbonyl (C=O) groups is 3. The first kappa shape index (κ1) is 29.3. The fourth-order valence-electron chi connectivity index (χ4n) is 6.01. The molecule has 1 N–H and O–H groups in total. The normalized spacial score (nSPS) is 20.9. The van der Waals surface area contributed by atoms with Gasteiger partial charge in [-0.1, -0.05) is 36.4 Å². The van der Waals surface area contributed by atoms with Crippen molar-refractivity contribution in [2.45, 2.75) is 57.8 Å². The number of piperidine rings is 1.